The summed E-state index contributed by atoms with van der Waals surface area (Å²) in [6.45, 7) is 0. The molecule has 0 aliphatic heterocycles. The van der Waals surface area contributed by atoms with Crippen molar-refractivity contribution in [2.45, 2.75) is 0 Å². The molecule has 0 amide bonds. The van der Waals surface area contributed by atoms with Gasteiger partial charge in [0.05, 0.1) is 5.56 Å². The molecule has 1 rings (SSSR count). The maximum absolute atomic E-state index is 9.42. The number of nitrogens with one attached hydrogen (secondary N) is 2. The second kappa shape index (κ2) is 4.92. The molecule has 1 aromatic rings. The van der Waals surface area contributed by atoms with E-state index in [1.54, 1.807) is 24.4 Å². The third-order valence-corrected chi connectivity index (χ3v) is 2.01. The summed E-state index contributed by atoms with van der Waals surface area (Å²) in [5.74, 6) is 0.172. The fraction of sp³-hybridized carbons (Fsp3) is 0. The predicted octanol–water partition coefficient (Wildman–Crippen LogP) is -0.598. The lowest BCUT2D eigenvalue weighted by molar-refractivity contribution is -0.499. The van der Waals surface area contributed by atoms with E-state index >= 15 is 0 Å². The van der Waals surface area contributed by atoms with Gasteiger partial charge < -0.3 is 10.8 Å². The number of hydrogen-bond donors (Lipinski definition) is 4. The van der Waals surface area contributed by atoms with Crippen molar-refractivity contribution in [1.82, 2.24) is 5.43 Å². The van der Waals surface area contributed by atoms with Crippen molar-refractivity contribution in [3.05, 3.63) is 28.2 Å². The molecule has 0 heterocycles. The summed E-state index contributed by atoms with van der Waals surface area (Å²) in [7, 11) is 0. The maximum Gasteiger partial charge on any atom is 0.221 e. The number of hydrogen-bond acceptors (Lipinski definition) is 2. The molecule has 0 saturated carbocycles. The van der Waals surface area contributed by atoms with Gasteiger partial charge in [-0.2, -0.15) is 0 Å². The van der Waals surface area contributed by atoms with Gasteiger partial charge in [-0.05, 0) is 30.4 Å². The molecule has 0 spiro atoms. The average molecular weight is 275 g/mol. The first kappa shape index (κ1) is 10.9. The monoisotopic (exact) mass is 274 g/mol. The van der Waals surface area contributed by atoms with Crippen molar-refractivity contribution >= 4 is 39.5 Å². The fourth-order valence-electron chi connectivity index (χ4n) is 0.826. The van der Waals surface area contributed by atoms with Crippen LogP contribution in [0.4, 0.5) is 0 Å². The largest absolute Gasteiger partial charge is 0.507 e. The smallest absolute Gasteiger partial charge is 0.221 e. The van der Waals surface area contributed by atoms with Crippen molar-refractivity contribution in [2.75, 3.05) is 0 Å². The molecule has 14 heavy (non-hydrogen) atoms. The highest BCUT2D eigenvalue weighted by molar-refractivity contribution is 9.10. The van der Waals surface area contributed by atoms with Gasteiger partial charge in [-0.1, -0.05) is 15.9 Å². The molecule has 0 radical (unpaired) electrons. The van der Waals surface area contributed by atoms with E-state index in [4.69, 9.17) is 5.73 Å². The Labute approximate surface area is 94.9 Å². The minimum absolute atomic E-state index is 0.135. The molecule has 0 fully saturated rings. The molecule has 4 nitrogen and oxygen atoms in total. The summed E-state index contributed by atoms with van der Waals surface area (Å²) in [5.41, 5.74) is 8.34. The Morgan fingerprint density at radius 1 is 1.64 bits per heavy atom. The zero-order valence-corrected chi connectivity index (χ0v) is 9.52. The Kier molecular flexibility index (Phi) is 3.84. The zero-order valence-electron chi connectivity index (χ0n) is 7.12. The third-order valence-electron chi connectivity index (χ3n) is 1.41. The summed E-state index contributed by atoms with van der Waals surface area (Å²) in [6.07, 6.45) is 1.55. The number of benzene rings is 1. The van der Waals surface area contributed by atoms with Gasteiger partial charge in [0, 0.05) is 4.47 Å². The quantitative estimate of drug-likeness (QED) is 0.330. The Bertz CT molecular complexity index is 381. The summed E-state index contributed by atoms with van der Waals surface area (Å²) < 4.78 is 0.874. The molecule has 0 aliphatic carbocycles. The van der Waals surface area contributed by atoms with Crippen molar-refractivity contribution in [3.63, 3.8) is 0 Å². The summed E-state index contributed by atoms with van der Waals surface area (Å²) in [6, 6.07) is 5.08. The second-order valence-electron chi connectivity index (χ2n) is 2.48. The highest BCUT2D eigenvalue weighted by Gasteiger charge is 2.01. The fourth-order valence-corrected chi connectivity index (χ4v) is 1.26. The van der Waals surface area contributed by atoms with Gasteiger partial charge in [-0.3, -0.25) is 0 Å². The van der Waals surface area contributed by atoms with Gasteiger partial charge in [0.1, 0.15) is 5.75 Å². The molecule has 0 aliphatic rings. The molecule has 0 saturated heterocycles. The first-order valence-electron chi connectivity index (χ1n) is 3.72. The van der Waals surface area contributed by atoms with Crippen LogP contribution in [0.25, 0.3) is 0 Å². The number of aromatic hydroxyl groups is 1. The lowest BCUT2D eigenvalue weighted by Gasteiger charge is -1.96. The molecular weight excluding hydrogens is 266 g/mol. The number of hydrazine groups is 1. The Hall–Kier alpha value is -1.14. The molecule has 1 aromatic carbocycles. The third kappa shape index (κ3) is 3.31. The van der Waals surface area contributed by atoms with Crippen molar-refractivity contribution in [2.24, 2.45) is 5.73 Å². The van der Waals surface area contributed by atoms with Crippen molar-refractivity contribution in [3.8, 4) is 5.75 Å². The molecule has 0 atom stereocenters. The van der Waals surface area contributed by atoms with Gasteiger partial charge in [0.2, 0.25) is 11.3 Å². The van der Waals surface area contributed by atoms with Crippen molar-refractivity contribution in [1.29, 1.82) is 0 Å². The van der Waals surface area contributed by atoms with Crippen LogP contribution in [0.1, 0.15) is 5.56 Å². The molecule has 74 valence electrons. The van der Waals surface area contributed by atoms with Gasteiger partial charge in [-0.15, -0.1) is 10.5 Å². The van der Waals surface area contributed by atoms with Crippen LogP contribution < -0.4 is 16.3 Å². The minimum Gasteiger partial charge on any atom is -0.507 e. The lowest BCUT2D eigenvalue weighted by atomic mass is 10.2. The first-order chi connectivity index (χ1) is 6.59. The summed E-state index contributed by atoms with van der Waals surface area (Å²) in [5, 5.41) is 12.2. The highest BCUT2D eigenvalue weighted by atomic mass is 79.9. The highest BCUT2D eigenvalue weighted by Crippen LogP contribution is 2.19. The number of hydrazone groups is 1. The van der Waals surface area contributed by atoms with Crippen LogP contribution in [0.2, 0.25) is 0 Å². The Balaban J connectivity index is 2.80. The van der Waals surface area contributed by atoms with Crippen LogP contribution in [0, 0.1) is 0 Å². The zero-order chi connectivity index (χ0) is 10.6. The van der Waals surface area contributed by atoms with Crippen LogP contribution in [-0.4, -0.2) is 16.4 Å². The molecular formula is C8H9BrN3OS+. The number of phenolic OH excluding ortho intramolecular Hbond substituents is 1. The number of rotatable bonds is 2. The summed E-state index contributed by atoms with van der Waals surface area (Å²) >= 11 is 7.87. The standard InChI is InChI=1S/C8H8BrN3OS/c9-6-1-2-7(13)5(3-6)4-11-12-8(10)14/h1-4,13H,(H3,10,12,14)/p+1. The molecule has 0 bridgehead atoms. The van der Waals surface area contributed by atoms with E-state index in [0.29, 0.717) is 5.56 Å². The van der Waals surface area contributed by atoms with E-state index in [1.807, 2.05) is 0 Å². The predicted molar refractivity (Wildman–Crippen MR) is 61.9 cm³/mol. The SMILES string of the molecule is NC(=S)N[NH+]=Cc1cc(Br)ccc1O. The molecule has 0 unspecified atom stereocenters. The normalized spacial score (nSPS) is 10.4. The number of phenols is 1. The molecule has 0 aromatic heterocycles. The topological polar surface area (TPSA) is 72.2 Å². The van der Waals surface area contributed by atoms with E-state index in [2.05, 4.69) is 38.7 Å². The number of thiocarbonyl (C=S) groups is 1. The Morgan fingerprint density at radius 2 is 2.36 bits per heavy atom. The maximum atomic E-state index is 9.42. The van der Waals surface area contributed by atoms with E-state index in [-0.39, 0.29) is 10.9 Å². The summed E-state index contributed by atoms with van der Waals surface area (Å²) in [4.78, 5) is 0. The lowest BCUT2D eigenvalue weighted by Crippen LogP contribution is -2.82. The second-order valence-corrected chi connectivity index (χ2v) is 3.84. The average Bonchev–Trinajstić information content (AvgIpc) is 2.10. The van der Waals surface area contributed by atoms with Crippen LogP contribution in [0.3, 0.4) is 0 Å². The van der Waals surface area contributed by atoms with Crippen LogP contribution in [0.15, 0.2) is 22.7 Å². The molecule has 6 heteroatoms. The van der Waals surface area contributed by atoms with Crippen molar-refractivity contribution < 1.29 is 10.2 Å². The first-order valence-corrected chi connectivity index (χ1v) is 4.92. The number of nitrogens with two attached hydrogens (primary N) is 1. The van der Waals surface area contributed by atoms with Crippen LogP contribution in [-0.2, 0) is 0 Å². The van der Waals surface area contributed by atoms with E-state index in [1.165, 1.54) is 0 Å². The van der Waals surface area contributed by atoms with E-state index < -0.39 is 0 Å². The van der Waals surface area contributed by atoms with Gasteiger partial charge in [0.15, 0.2) is 0 Å². The van der Waals surface area contributed by atoms with Gasteiger partial charge >= 0.3 is 0 Å². The van der Waals surface area contributed by atoms with E-state index in [0.717, 1.165) is 4.47 Å². The van der Waals surface area contributed by atoms with Gasteiger partial charge in [0.25, 0.3) is 0 Å². The van der Waals surface area contributed by atoms with Crippen LogP contribution >= 0.6 is 28.1 Å². The number of halogens is 1. The Morgan fingerprint density at radius 3 is 3.00 bits per heavy atom. The minimum atomic E-state index is 0.135. The molecule has 5 N–H and O–H groups in total. The van der Waals surface area contributed by atoms with Crippen LogP contribution in [0.5, 0.6) is 5.75 Å². The van der Waals surface area contributed by atoms with Gasteiger partial charge in [-0.25, -0.2) is 0 Å². The van der Waals surface area contributed by atoms with E-state index in [9.17, 15) is 5.11 Å².